The van der Waals surface area contributed by atoms with Crippen LogP contribution in [-0.2, 0) is 19.6 Å². The standard InChI is InChI=1S/C31H32FN3O5S/c32-23-12-15-26-28(18-23)40-17-7-16-34(26)24-19-27(30(36)33-41(38,39)25-13-14-25)35(20-24)31(37)29(21-8-3-1-4-9-21)22-10-5-2-6-11-22/h1-6,8-12,15,18,24-25,27,29H,7,13-14,16-17,19-20H2,(H,33,36)/t24-,27-/m0/s1. The summed E-state index contributed by atoms with van der Waals surface area (Å²) in [4.78, 5) is 31.7. The molecule has 2 fully saturated rings. The van der Waals surface area contributed by atoms with Gasteiger partial charge in [0, 0.05) is 25.2 Å². The Balaban J connectivity index is 1.37. The Bertz CT molecular complexity index is 1490. The molecule has 1 N–H and O–H groups in total. The summed E-state index contributed by atoms with van der Waals surface area (Å²) in [6.07, 6.45) is 1.93. The van der Waals surface area contributed by atoms with E-state index in [9.17, 15) is 22.4 Å². The topological polar surface area (TPSA) is 96.0 Å². The Morgan fingerprint density at radius 2 is 1.61 bits per heavy atom. The number of rotatable bonds is 7. The fraction of sp³-hybridized carbons (Fsp3) is 0.355. The van der Waals surface area contributed by atoms with Gasteiger partial charge in [-0.25, -0.2) is 12.8 Å². The number of fused-ring (bicyclic) bond motifs is 1. The number of benzene rings is 3. The molecule has 0 aromatic heterocycles. The average Bonchev–Trinajstić information content (AvgIpc) is 3.77. The van der Waals surface area contributed by atoms with Crippen molar-refractivity contribution in [2.75, 3.05) is 24.6 Å². The van der Waals surface area contributed by atoms with Crippen molar-refractivity contribution in [1.29, 1.82) is 0 Å². The Morgan fingerprint density at radius 3 is 2.24 bits per heavy atom. The largest absolute Gasteiger partial charge is 0.491 e. The second-order valence-corrected chi connectivity index (χ2v) is 12.8. The Labute approximate surface area is 239 Å². The first-order valence-electron chi connectivity index (χ1n) is 14.0. The molecular formula is C31H32FN3O5S. The number of sulfonamides is 1. The number of halogens is 1. The zero-order valence-corrected chi connectivity index (χ0v) is 23.3. The number of anilines is 1. The Hall–Kier alpha value is -3.92. The van der Waals surface area contributed by atoms with Crippen LogP contribution in [0.4, 0.5) is 10.1 Å². The molecule has 2 amide bonds. The van der Waals surface area contributed by atoms with E-state index >= 15 is 0 Å². The van der Waals surface area contributed by atoms with Crippen LogP contribution in [0.15, 0.2) is 78.9 Å². The summed E-state index contributed by atoms with van der Waals surface area (Å²) >= 11 is 0. The van der Waals surface area contributed by atoms with Gasteiger partial charge in [-0.15, -0.1) is 0 Å². The predicted octanol–water partition coefficient (Wildman–Crippen LogP) is 3.82. The van der Waals surface area contributed by atoms with E-state index in [0.29, 0.717) is 43.9 Å². The van der Waals surface area contributed by atoms with E-state index in [0.717, 1.165) is 11.1 Å². The molecule has 6 rings (SSSR count). The van der Waals surface area contributed by atoms with Crippen molar-refractivity contribution < 1.29 is 27.1 Å². The molecule has 2 atom stereocenters. The lowest BCUT2D eigenvalue weighted by atomic mass is 9.90. The lowest BCUT2D eigenvalue weighted by molar-refractivity contribution is -0.138. The van der Waals surface area contributed by atoms with Crippen LogP contribution in [0.1, 0.15) is 42.7 Å². The number of carbonyl (C=O) groups is 2. The molecule has 41 heavy (non-hydrogen) atoms. The molecule has 0 unspecified atom stereocenters. The van der Waals surface area contributed by atoms with E-state index in [4.69, 9.17) is 4.74 Å². The fourth-order valence-electron chi connectivity index (χ4n) is 5.89. The molecule has 214 valence electrons. The maximum atomic E-state index is 14.5. The Kier molecular flexibility index (Phi) is 7.42. The summed E-state index contributed by atoms with van der Waals surface area (Å²) in [6, 6.07) is 21.8. The van der Waals surface area contributed by atoms with Gasteiger partial charge in [-0.1, -0.05) is 60.7 Å². The smallest absolute Gasteiger partial charge is 0.256 e. The first-order valence-corrected chi connectivity index (χ1v) is 15.5. The van der Waals surface area contributed by atoms with Crippen molar-refractivity contribution in [3.05, 3.63) is 95.8 Å². The third-order valence-corrected chi connectivity index (χ3v) is 9.89. The number of nitrogens with one attached hydrogen (secondary N) is 1. The van der Waals surface area contributed by atoms with Crippen LogP contribution in [0.2, 0.25) is 0 Å². The third kappa shape index (κ3) is 5.66. The van der Waals surface area contributed by atoms with Crippen LogP contribution in [0.5, 0.6) is 5.75 Å². The van der Waals surface area contributed by atoms with Crippen LogP contribution in [-0.4, -0.2) is 62.2 Å². The quantitative estimate of drug-likeness (QED) is 0.459. The highest BCUT2D eigenvalue weighted by Crippen LogP contribution is 2.38. The summed E-state index contributed by atoms with van der Waals surface area (Å²) in [5.41, 5.74) is 2.25. The minimum atomic E-state index is -3.81. The highest BCUT2D eigenvalue weighted by molar-refractivity contribution is 7.90. The van der Waals surface area contributed by atoms with Gasteiger partial charge in [-0.3, -0.25) is 14.3 Å². The number of ether oxygens (including phenoxy) is 1. The molecule has 0 bridgehead atoms. The molecule has 3 aromatic rings. The molecular weight excluding hydrogens is 545 g/mol. The summed E-state index contributed by atoms with van der Waals surface area (Å²) in [6.45, 7) is 1.20. The summed E-state index contributed by atoms with van der Waals surface area (Å²) < 4.78 is 47.6. The third-order valence-electron chi connectivity index (χ3n) is 8.06. The summed E-state index contributed by atoms with van der Waals surface area (Å²) in [5, 5.41) is -0.571. The van der Waals surface area contributed by atoms with Crippen molar-refractivity contribution in [3.63, 3.8) is 0 Å². The maximum Gasteiger partial charge on any atom is 0.256 e. The van der Waals surface area contributed by atoms with Gasteiger partial charge in [0.05, 0.1) is 23.5 Å². The minimum Gasteiger partial charge on any atom is -0.491 e. The van der Waals surface area contributed by atoms with Crippen LogP contribution < -0.4 is 14.4 Å². The molecule has 0 radical (unpaired) electrons. The first kappa shape index (κ1) is 27.3. The fourth-order valence-corrected chi connectivity index (χ4v) is 7.23. The summed E-state index contributed by atoms with van der Waals surface area (Å²) in [5.74, 6) is -1.65. The average molecular weight is 578 g/mol. The van der Waals surface area contributed by atoms with Crippen LogP contribution in [0.3, 0.4) is 0 Å². The van der Waals surface area contributed by atoms with E-state index in [1.54, 1.807) is 6.07 Å². The highest BCUT2D eigenvalue weighted by atomic mass is 32.2. The maximum absolute atomic E-state index is 14.5. The van der Waals surface area contributed by atoms with Gasteiger partial charge >= 0.3 is 0 Å². The minimum absolute atomic E-state index is 0.202. The molecule has 0 spiro atoms. The van der Waals surface area contributed by atoms with Gasteiger partial charge in [0.2, 0.25) is 15.9 Å². The molecule has 2 heterocycles. The van der Waals surface area contributed by atoms with Gasteiger partial charge < -0.3 is 14.5 Å². The zero-order valence-electron chi connectivity index (χ0n) is 22.5. The molecule has 1 saturated heterocycles. The van der Waals surface area contributed by atoms with Crippen LogP contribution in [0.25, 0.3) is 0 Å². The van der Waals surface area contributed by atoms with Gasteiger partial charge in [0.25, 0.3) is 5.91 Å². The normalized spacial score (nSPS) is 20.7. The van der Waals surface area contributed by atoms with Gasteiger partial charge in [-0.05, 0) is 48.9 Å². The monoisotopic (exact) mass is 577 g/mol. The van der Waals surface area contributed by atoms with Crippen molar-refractivity contribution >= 4 is 27.5 Å². The van der Waals surface area contributed by atoms with Gasteiger partial charge in [-0.2, -0.15) is 0 Å². The molecule has 8 nitrogen and oxygen atoms in total. The SMILES string of the molecule is O=C(NS(=O)(=O)C1CC1)[C@@H]1C[C@H](N2CCCOc3cc(F)ccc32)CN1C(=O)C(c1ccccc1)c1ccccc1. The van der Waals surface area contributed by atoms with Crippen molar-refractivity contribution in [1.82, 2.24) is 9.62 Å². The van der Waals surface area contributed by atoms with E-state index in [2.05, 4.69) is 9.62 Å². The lowest BCUT2D eigenvalue weighted by Gasteiger charge is -2.31. The first-order chi connectivity index (χ1) is 19.8. The van der Waals surface area contributed by atoms with E-state index in [1.807, 2.05) is 60.7 Å². The second kappa shape index (κ2) is 11.2. The van der Waals surface area contributed by atoms with Gasteiger partial charge in [0.1, 0.15) is 17.6 Å². The summed E-state index contributed by atoms with van der Waals surface area (Å²) in [7, 11) is -3.81. The zero-order chi connectivity index (χ0) is 28.6. The van der Waals surface area contributed by atoms with Crippen molar-refractivity contribution in [2.24, 2.45) is 0 Å². The van der Waals surface area contributed by atoms with E-state index in [1.165, 1.54) is 17.0 Å². The second-order valence-electron chi connectivity index (χ2n) is 10.9. The number of likely N-dealkylation sites (tertiary alicyclic amines) is 1. The molecule has 1 aliphatic carbocycles. The van der Waals surface area contributed by atoms with Gasteiger partial charge in [0.15, 0.2) is 0 Å². The molecule has 3 aliphatic rings. The van der Waals surface area contributed by atoms with Crippen molar-refractivity contribution in [3.8, 4) is 5.75 Å². The molecule has 3 aromatic carbocycles. The Morgan fingerprint density at radius 1 is 0.951 bits per heavy atom. The van der Waals surface area contributed by atoms with Crippen molar-refractivity contribution in [2.45, 2.75) is 48.9 Å². The lowest BCUT2D eigenvalue weighted by Crippen LogP contribution is -2.49. The number of hydrogen-bond donors (Lipinski definition) is 1. The van der Waals surface area contributed by atoms with E-state index in [-0.39, 0.29) is 24.9 Å². The number of carbonyl (C=O) groups excluding carboxylic acids is 2. The highest BCUT2D eigenvalue weighted by Gasteiger charge is 2.47. The molecule has 10 heteroatoms. The van der Waals surface area contributed by atoms with E-state index < -0.39 is 39.0 Å². The molecule has 2 aliphatic heterocycles. The predicted molar refractivity (Wildman–Crippen MR) is 153 cm³/mol. The number of nitrogens with zero attached hydrogens (tertiary/aromatic N) is 2. The number of hydrogen-bond acceptors (Lipinski definition) is 6. The molecule has 1 saturated carbocycles. The number of amides is 2. The van der Waals surface area contributed by atoms with Crippen LogP contribution >= 0.6 is 0 Å². The van der Waals surface area contributed by atoms with Crippen LogP contribution in [0, 0.1) is 5.82 Å².